The number of aliphatic hydroxyl groups excluding tert-OH is 1. The molecule has 1 aromatic carbocycles. The highest BCUT2D eigenvalue weighted by atomic mass is 35.5. The van der Waals surface area contributed by atoms with Crippen molar-refractivity contribution in [3.8, 4) is 0 Å². The van der Waals surface area contributed by atoms with Gasteiger partial charge < -0.3 is 5.11 Å². The minimum atomic E-state index is -3.69. The van der Waals surface area contributed by atoms with Gasteiger partial charge in [-0.1, -0.05) is 42.3 Å². The zero-order valence-electron chi connectivity index (χ0n) is 13.2. The van der Waals surface area contributed by atoms with Gasteiger partial charge in [-0.3, -0.25) is 0 Å². The second-order valence-corrected chi connectivity index (χ2v) is 7.87. The van der Waals surface area contributed by atoms with Crippen LogP contribution in [-0.2, 0) is 10.0 Å². The van der Waals surface area contributed by atoms with E-state index in [9.17, 15) is 13.5 Å². The fourth-order valence-electron chi connectivity index (χ4n) is 2.56. The fraction of sp³-hybridized carbons (Fsp3) is 0.412. The molecule has 0 saturated heterocycles. The first-order valence-corrected chi connectivity index (χ1v) is 9.53. The molecule has 2 rings (SSSR count). The van der Waals surface area contributed by atoms with Gasteiger partial charge >= 0.3 is 0 Å². The molecule has 0 aliphatic heterocycles. The first-order chi connectivity index (χ1) is 11.0. The van der Waals surface area contributed by atoms with Crippen molar-refractivity contribution in [2.75, 3.05) is 13.2 Å². The summed E-state index contributed by atoms with van der Waals surface area (Å²) in [5.41, 5.74) is 1.05. The van der Waals surface area contributed by atoms with E-state index in [1.165, 1.54) is 16.4 Å². The largest absolute Gasteiger partial charge is 0.395 e. The van der Waals surface area contributed by atoms with Crippen molar-refractivity contribution >= 4 is 21.6 Å². The molecule has 0 amide bonds. The SMILES string of the molecule is CC[C@H](CO)N(CC1=CC=CCC1)S(=O)(=O)c1ccc(Cl)cc1. The van der Waals surface area contributed by atoms with Gasteiger partial charge in [0.25, 0.3) is 0 Å². The van der Waals surface area contributed by atoms with Crippen molar-refractivity contribution in [2.45, 2.75) is 37.1 Å². The molecule has 4 nitrogen and oxygen atoms in total. The van der Waals surface area contributed by atoms with Crippen molar-refractivity contribution in [1.29, 1.82) is 0 Å². The fourth-order valence-corrected chi connectivity index (χ4v) is 4.38. The summed E-state index contributed by atoms with van der Waals surface area (Å²) >= 11 is 5.85. The summed E-state index contributed by atoms with van der Waals surface area (Å²) < 4.78 is 27.4. The van der Waals surface area contributed by atoms with Crippen LogP contribution in [0, 0.1) is 0 Å². The smallest absolute Gasteiger partial charge is 0.243 e. The molecule has 0 bridgehead atoms. The zero-order chi connectivity index (χ0) is 16.9. The summed E-state index contributed by atoms with van der Waals surface area (Å²) in [4.78, 5) is 0.195. The van der Waals surface area contributed by atoms with Crippen molar-refractivity contribution in [3.63, 3.8) is 0 Å². The molecule has 0 heterocycles. The maximum absolute atomic E-state index is 13.0. The lowest BCUT2D eigenvalue weighted by molar-refractivity contribution is 0.188. The number of nitrogens with zero attached hydrogens (tertiary/aromatic N) is 1. The molecule has 1 N–H and O–H groups in total. The summed E-state index contributed by atoms with van der Waals surface area (Å²) in [5, 5.41) is 10.1. The number of halogens is 1. The third-order valence-electron chi connectivity index (χ3n) is 3.97. The molecule has 126 valence electrons. The van der Waals surface area contributed by atoms with Crippen LogP contribution in [-0.4, -0.2) is 37.0 Å². The Kier molecular flexibility index (Phi) is 6.41. The van der Waals surface area contributed by atoms with E-state index in [2.05, 4.69) is 6.08 Å². The van der Waals surface area contributed by atoms with E-state index in [1.54, 1.807) is 12.1 Å². The maximum Gasteiger partial charge on any atom is 0.243 e. The molecule has 0 radical (unpaired) electrons. The molecule has 0 aromatic heterocycles. The average molecular weight is 356 g/mol. The minimum Gasteiger partial charge on any atom is -0.395 e. The Balaban J connectivity index is 2.36. The number of aliphatic hydroxyl groups is 1. The van der Waals surface area contributed by atoms with Crippen LogP contribution in [0.4, 0.5) is 0 Å². The summed E-state index contributed by atoms with van der Waals surface area (Å²) in [5.74, 6) is 0. The normalized spacial score (nSPS) is 16.4. The van der Waals surface area contributed by atoms with Gasteiger partial charge in [-0.05, 0) is 43.5 Å². The van der Waals surface area contributed by atoms with E-state index in [-0.39, 0.29) is 11.5 Å². The topological polar surface area (TPSA) is 57.6 Å². The lowest BCUT2D eigenvalue weighted by Crippen LogP contribution is -2.43. The lowest BCUT2D eigenvalue weighted by Gasteiger charge is -2.30. The summed E-state index contributed by atoms with van der Waals surface area (Å²) in [6.07, 6.45) is 8.27. The molecule has 0 saturated carbocycles. The van der Waals surface area contributed by atoms with E-state index >= 15 is 0 Å². The predicted molar refractivity (Wildman–Crippen MR) is 93.0 cm³/mol. The third-order valence-corrected chi connectivity index (χ3v) is 6.13. The van der Waals surface area contributed by atoms with Gasteiger partial charge in [-0.15, -0.1) is 0 Å². The van der Waals surface area contributed by atoms with E-state index < -0.39 is 16.1 Å². The minimum absolute atomic E-state index is 0.195. The first kappa shape index (κ1) is 18.2. The van der Waals surface area contributed by atoms with Gasteiger partial charge in [0, 0.05) is 17.6 Å². The Morgan fingerprint density at radius 2 is 2.00 bits per heavy atom. The number of sulfonamides is 1. The van der Waals surface area contributed by atoms with Gasteiger partial charge in [0.15, 0.2) is 0 Å². The van der Waals surface area contributed by atoms with Crippen LogP contribution in [0.3, 0.4) is 0 Å². The predicted octanol–water partition coefficient (Wildman–Crippen LogP) is 3.38. The van der Waals surface area contributed by atoms with E-state index in [0.29, 0.717) is 18.0 Å². The molecular formula is C17H22ClNO3S. The summed E-state index contributed by atoms with van der Waals surface area (Å²) in [6, 6.07) is 5.69. The van der Waals surface area contributed by atoms with Gasteiger partial charge in [0.1, 0.15) is 0 Å². The first-order valence-electron chi connectivity index (χ1n) is 7.72. The lowest BCUT2D eigenvalue weighted by atomic mass is 10.0. The molecule has 1 aliphatic rings. The van der Waals surface area contributed by atoms with E-state index in [1.807, 2.05) is 19.1 Å². The Bertz CT molecular complexity index is 676. The van der Waals surface area contributed by atoms with Crippen molar-refractivity contribution < 1.29 is 13.5 Å². The monoisotopic (exact) mass is 355 g/mol. The molecule has 0 fully saturated rings. The molecule has 1 atom stereocenters. The number of hydrogen-bond donors (Lipinski definition) is 1. The Morgan fingerprint density at radius 1 is 1.30 bits per heavy atom. The average Bonchev–Trinajstić information content (AvgIpc) is 2.56. The van der Waals surface area contributed by atoms with Crippen molar-refractivity contribution in [2.24, 2.45) is 0 Å². The zero-order valence-corrected chi connectivity index (χ0v) is 14.7. The van der Waals surface area contributed by atoms with Crippen LogP contribution in [0.25, 0.3) is 0 Å². The van der Waals surface area contributed by atoms with Gasteiger partial charge in [-0.2, -0.15) is 4.31 Å². The van der Waals surface area contributed by atoms with Gasteiger partial charge in [-0.25, -0.2) is 8.42 Å². The Hall–Kier alpha value is -1.14. The third kappa shape index (κ3) is 4.44. The number of hydrogen-bond acceptors (Lipinski definition) is 3. The quantitative estimate of drug-likeness (QED) is 0.815. The van der Waals surface area contributed by atoms with Crippen LogP contribution < -0.4 is 0 Å². The number of allylic oxidation sites excluding steroid dienone is 3. The second kappa shape index (κ2) is 8.11. The summed E-state index contributed by atoms with van der Waals surface area (Å²) in [7, 11) is -3.69. The summed E-state index contributed by atoms with van der Waals surface area (Å²) in [6.45, 7) is 1.97. The van der Waals surface area contributed by atoms with Gasteiger partial charge in [0.05, 0.1) is 11.5 Å². The number of benzene rings is 1. The molecule has 1 aliphatic carbocycles. The Morgan fingerprint density at radius 3 is 2.52 bits per heavy atom. The highest BCUT2D eigenvalue weighted by molar-refractivity contribution is 7.89. The molecule has 23 heavy (non-hydrogen) atoms. The molecule has 0 unspecified atom stereocenters. The highest BCUT2D eigenvalue weighted by Crippen LogP contribution is 2.24. The standard InChI is InChI=1S/C17H22ClNO3S/c1-2-16(13-20)19(12-14-6-4-3-5-7-14)23(21,22)17-10-8-15(18)9-11-17/h3-4,6,8-11,16,20H,2,5,7,12-13H2,1H3/t16-/m1/s1. The molecule has 0 spiro atoms. The molecule has 6 heteroatoms. The highest BCUT2D eigenvalue weighted by Gasteiger charge is 2.30. The molecule has 1 aromatic rings. The maximum atomic E-state index is 13.0. The second-order valence-electron chi connectivity index (χ2n) is 5.54. The van der Waals surface area contributed by atoms with Crippen LogP contribution in [0.15, 0.2) is 53.0 Å². The van der Waals surface area contributed by atoms with Crippen LogP contribution in [0.5, 0.6) is 0 Å². The van der Waals surface area contributed by atoms with E-state index in [0.717, 1.165) is 18.4 Å². The number of rotatable bonds is 7. The van der Waals surface area contributed by atoms with Gasteiger partial charge in [0.2, 0.25) is 10.0 Å². The van der Waals surface area contributed by atoms with Crippen molar-refractivity contribution in [3.05, 3.63) is 53.1 Å². The van der Waals surface area contributed by atoms with Crippen LogP contribution in [0.2, 0.25) is 5.02 Å². The van der Waals surface area contributed by atoms with E-state index in [4.69, 9.17) is 11.6 Å². The Labute approximate surface area is 143 Å². The van der Waals surface area contributed by atoms with Crippen LogP contribution in [0.1, 0.15) is 26.2 Å². The van der Waals surface area contributed by atoms with Crippen LogP contribution >= 0.6 is 11.6 Å². The van der Waals surface area contributed by atoms with Crippen molar-refractivity contribution in [1.82, 2.24) is 4.31 Å². The molecular weight excluding hydrogens is 334 g/mol.